The van der Waals surface area contributed by atoms with Crippen molar-refractivity contribution in [1.29, 1.82) is 0 Å². The number of rotatable bonds is 1. The lowest BCUT2D eigenvalue weighted by molar-refractivity contribution is -0.142. The van der Waals surface area contributed by atoms with Crippen LogP contribution in [0.3, 0.4) is 0 Å². The molecule has 0 aromatic carbocycles. The summed E-state index contributed by atoms with van der Waals surface area (Å²) < 4.78 is 38.4. The molecule has 104 valence electrons. The van der Waals surface area contributed by atoms with Gasteiger partial charge in [0.2, 0.25) is 0 Å². The van der Waals surface area contributed by atoms with Crippen molar-refractivity contribution in [3.05, 3.63) is 23.5 Å². The molecule has 0 bridgehead atoms. The van der Waals surface area contributed by atoms with Gasteiger partial charge in [-0.2, -0.15) is 18.3 Å². The maximum absolute atomic E-state index is 12.8. The minimum atomic E-state index is -4.53. The number of aromatic nitrogens is 2. The first-order chi connectivity index (χ1) is 8.89. The molecule has 5 nitrogen and oxygen atoms in total. The van der Waals surface area contributed by atoms with Crippen molar-refractivity contribution >= 4 is 6.09 Å². The number of likely N-dealkylation sites (tertiary alicyclic amines) is 1. The molecular weight excluding hydrogens is 263 g/mol. The third-order valence-corrected chi connectivity index (χ3v) is 3.23. The predicted octanol–water partition coefficient (Wildman–Crippen LogP) is 2.35. The van der Waals surface area contributed by atoms with Gasteiger partial charge >= 0.3 is 12.3 Å². The average Bonchev–Trinajstić information content (AvgIpc) is 2.38. The second kappa shape index (κ2) is 5.02. The lowest BCUT2D eigenvalue weighted by atomic mass is 9.88. The Hall–Kier alpha value is -1.86. The maximum Gasteiger partial charge on any atom is 0.435 e. The number of nitrogens with zero attached hydrogens (tertiary/aromatic N) is 3. The first kappa shape index (κ1) is 13.6. The van der Waals surface area contributed by atoms with Gasteiger partial charge in [0.15, 0.2) is 5.69 Å². The van der Waals surface area contributed by atoms with Gasteiger partial charge in [-0.1, -0.05) is 0 Å². The summed E-state index contributed by atoms with van der Waals surface area (Å²) in [6.07, 6.45) is -3.62. The third kappa shape index (κ3) is 2.94. The maximum atomic E-state index is 12.8. The second-order valence-corrected chi connectivity index (χ2v) is 4.38. The van der Waals surface area contributed by atoms with E-state index in [4.69, 9.17) is 5.11 Å². The zero-order chi connectivity index (χ0) is 14.0. The molecule has 0 spiro atoms. The SMILES string of the molecule is O=C(O)N1CCC(c2ccnnc2C(F)(F)F)CC1. The van der Waals surface area contributed by atoms with E-state index in [0.717, 1.165) is 0 Å². The Labute approximate surface area is 107 Å². The Kier molecular flexibility index (Phi) is 3.59. The molecule has 2 rings (SSSR count). The van der Waals surface area contributed by atoms with Crippen LogP contribution in [0.4, 0.5) is 18.0 Å². The predicted molar refractivity (Wildman–Crippen MR) is 58.6 cm³/mol. The molecule has 1 aromatic heterocycles. The van der Waals surface area contributed by atoms with Gasteiger partial charge in [-0.15, -0.1) is 5.10 Å². The average molecular weight is 275 g/mol. The lowest BCUT2D eigenvalue weighted by Crippen LogP contribution is -2.37. The molecule has 0 aliphatic carbocycles. The second-order valence-electron chi connectivity index (χ2n) is 4.38. The summed E-state index contributed by atoms with van der Waals surface area (Å²) in [6, 6.07) is 1.32. The van der Waals surface area contributed by atoms with E-state index in [1.165, 1.54) is 17.2 Å². The van der Waals surface area contributed by atoms with E-state index in [2.05, 4.69) is 10.2 Å². The van der Waals surface area contributed by atoms with Crippen LogP contribution in [0.5, 0.6) is 0 Å². The van der Waals surface area contributed by atoms with Crippen molar-refractivity contribution in [2.45, 2.75) is 24.9 Å². The molecule has 1 aliphatic rings. The first-order valence-corrected chi connectivity index (χ1v) is 5.76. The van der Waals surface area contributed by atoms with E-state index >= 15 is 0 Å². The van der Waals surface area contributed by atoms with Crippen LogP contribution in [0.1, 0.15) is 30.0 Å². The minimum Gasteiger partial charge on any atom is -0.465 e. The number of halogens is 3. The van der Waals surface area contributed by atoms with Crippen LogP contribution in [-0.2, 0) is 6.18 Å². The Morgan fingerprint density at radius 3 is 2.53 bits per heavy atom. The van der Waals surface area contributed by atoms with Gasteiger partial charge in [-0.3, -0.25) is 0 Å². The van der Waals surface area contributed by atoms with Crippen LogP contribution in [0.2, 0.25) is 0 Å². The van der Waals surface area contributed by atoms with Crippen molar-refractivity contribution < 1.29 is 23.1 Å². The number of hydrogen-bond donors (Lipinski definition) is 1. The molecule has 1 aromatic rings. The minimum absolute atomic E-state index is 0.104. The third-order valence-electron chi connectivity index (χ3n) is 3.23. The van der Waals surface area contributed by atoms with E-state index in [9.17, 15) is 18.0 Å². The van der Waals surface area contributed by atoms with Crippen LogP contribution >= 0.6 is 0 Å². The first-order valence-electron chi connectivity index (χ1n) is 5.76. The highest BCUT2D eigenvalue weighted by Crippen LogP contribution is 2.36. The summed E-state index contributed by atoms with van der Waals surface area (Å²) in [5, 5.41) is 15.3. The zero-order valence-corrected chi connectivity index (χ0v) is 9.89. The van der Waals surface area contributed by atoms with Gasteiger partial charge in [0.25, 0.3) is 0 Å². The van der Waals surface area contributed by atoms with Crippen molar-refractivity contribution in [2.75, 3.05) is 13.1 Å². The van der Waals surface area contributed by atoms with Crippen LogP contribution < -0.4 is 0 Å². The largest absolute Gasteiger partial charge is 0.465 e. The number of piperidine rings is 1. The molecule has 2 heterocycles. The number of hydrogen-bond acceptors (Lipinski definition) is 3. The van der Waals surface area contributed by atoms with Crippen molar-refractivity contribution in [3.63, 3.8) is 0 Å². The van der Waals surface area contributed by atoms with Gasteiger partial charge in [0.1, 0.15) is 0 Å². The highest BCUT2D eigenvalue weighted by molar-refractivity contribution is 5.65. The smallest absolute Gasteiger partial charge is 0.435 e. The Morgan fingerprint density at radius 1 is 1.37 bits per heavy atom. The van der Waals surface area contributed by atoms with Gasteiger partial charge in [0.05, 0.1) is 0 Å². The highest BCUT2D eigenvalue weighted by Gasteiger charge is 2.38. The summed E-state index contributed by atoms with van der Waals surface area (Å²) in [6.45, 7) is 0.471. The van der Waals surface area contributed by atoms with Crippen molar-refractivity contribution in [2.24, 2.45) is 0 Å². The quantitative estimate of drug-likeness (QED) is 0.854. The number of amides is 1. The molecule has 8 heteroatoms. The van der Waals surface area contributed by atoms with E-state index in [-0.39, 0.29) is 24.6 Å². The van der Waals surface area contributed by atoms with Gasteiger partial charge in [-0.05, 0) is 30.4 Å². The molecule has 0 atom stereocenters. The fraction of sp³-hybridized carbons (Fsp3) is 0.545. The van der Waals surface area contributed by atoms with E-state index in [1.807, 2.05) is 0 Å². The van der Waals surface area contributed by atoms with E-state index in [1.54, 1.807) is 0 Å². The fourth-order valence-corrected chi connectivity index (χ4v) is 2.27. The van der Waals surface area contributed by atoms with Crippen LogP contribution in [-0.4, -0.2) is 39.4 Å². The molecule has 0 radical (unpaired) electrons. The Balaban J connectivity index is 2.18. The number of carbonyl (C=O) groups is 1. The lowest BCUT2D eigenvalue weighted by Gasteiger charge is -2.30. The summed E-state index contributed by atoms with van der Waals surface area (Å²) >= 11 is 0. The van der Waals surface area contributed by atoms with Gasteiger partial charge in [-0.25, -0.2) is 4.79 Å². The fourth-order valence-electron chi connectivity index (χ4n) is 2.27. The Morgan fingerprint density at radius 2 is 2.00 bits per heavy atom. The van der Waals surface area contributed by atoms with Crippen LogP contribution in [0, 0.1) is 0 Å². The summed E-state index contributed by atoms with van der Waals surface area (Å²) in [7, 11) is 0. The zero-order valence-electron chi connectivity index (χ0n) is 9.89. The molecule has 1 aliphatic heterocycles. The monoisotopic (exact) mass is 275 g/mol. The molecule has 1 amide bonds. The van der Waals surface area contributed by atoms with Crippen LogP contribution in [0.15, 0.2) is 12.3 Å². The van der Waals surface area contributed by atoms with E-state index < -0.39 is 18.0 Å². The molecular formula is C11H12F3N3O2. The number of carboxylic acid groups (broad SMARTS) is 1. The molecule has 0 unspecified atom stereocenters. The van der Waals surface area contributed by atoms with Gasteiger partial charge < -0.3 is 10.0 Å². The molecule has 0 saturated carbocycles. The standard InChI is InChI=1S/C11H12F3N3O2/c12-11(13,14)9-8(1-4-15-16-9)7-2-5-17(6-3-7)10(18)19/h1,4,7H,2-3,5-6H2,(H,18,19). The molecule has 1 fully saturated rings. The van der Waals surface area contributed by atoms with Crippen LogP contribution in [0.25, 0.3) is 0 Å². The topological polar surface area (TPSA) is 66.3 Å². The normalized spacial score (nSPS) is 17.5. The molecule has 1 N–H and O–H groups in total. The van der Waals surface area contributed by atoms with Gasteiger partial charge in [0, 0.05) is 19.3 Å². The highest BCUT2D eigenvalue weighted by atomic mass is 19.4. The summed E-state index contributed by atoms with van der Waals surface area (Å²) in [4.78, 5) is 12.0. The van der Waals surface area contributed by atoms with Crippen molar-refractivity contribution in [3.8, 4) is 0 Å². The molecule has 19 heavy (non-hydrogen) atoms. The van der Waals surface area contributed by atoms with Crippen molar-refractivity contribution in [1.82, 2.24) is 15.1 Å². The summed E-state index contributed by atoms with van der Waals surface area (Å²) in [5.41, 5.74) is -0.865. The Bertz CT molecular complexity index is 470. The molecule has 1 saturated heterocycles. The van der Waals surface area contributed by atoms with E-state index in [0.29, 0.717) is 12.8 Å². The summed E-state index contributed by atoms with van der Waals surface area (Å²) in [5.74, 6) is -0.331. The number of alkyl halides is 3.